The fourth-order valence-corrected chi connectivity index (χ4v) is 4.43. The highest BCUT2D eigenvalue weighted by molar-refractivity contribution is 7.10. The van der Waals surface area contributed by atoms with Gasteiger partial charge in [-0.25, -0.2) is 0 Å². The Morgan fingerprint density at radius 3 is 2.76 bits per heavy atom. The van der Waals surface area contributed by atoms with Crippen LogP contribution in [0, 0.1) is 31.1 Å². The summed E-state index contributed by atoms with van der Waals surface area (Å²) in [5, 5.41) is 17.8. The molecule has 0 spiro atoms. The van der Waals surface area contributed by atoms with Gasteiger partial charge in [-0.2, -0.15) is 14.7 Å². The Hall–Kier alpha value is -2.11. The standard InChI is InChI=1S/C16H19ClN6OS/c1-8-13(9(2)23(4)20-8)14-10(5-12(24)22(14)3)7-19-16-11(6-18)15(17)21-25-16/h10,14,19H,5,7H2,1-4H3/t10-,14+/m0/s1. The number of anilines is 1. The first-order chi connectivity index (χ1) is 11.8. The number of hydrogen-bond acceptors (Lipinski definition) is 6. The average Bonchev–Trinajstić information content (AvgIpc) is 3.14. The van der Waals surface area contributed by atoms with Crippen LogP contribution in [-0.4, -0.2) is 38.6 Å². The van der Waals surface area contributed by atoms with E-state index < -0.39 is 0 Å². The number of nitrogens with one attached hydrogen (secondary N) is 1. The van der Waals surface area contributed by atoms with Gasteiger partial charge in [0.1, 0.15) is 16.6 Å². The van der Waals surface area contributed by atoms with Gasteiger partial charge in [-0.05, 0) is 25.4 Å². The Labute approximate surface area is 155 Å². The van der Waals surface area contributed by atoms with E-state index in [4.69, 9.17) is 11.6 Å². The third-order valence-corrected chi connectivity index (χ3v) is 6.02. The number of nitrogens with zero attached hydrogens (tertiary/aromatic N) is 5. The number of carbonyl (C=O) groups excluding carboxylic acids is 1. The second-order valence-corrected chi connectivity index (χ2v) is 7.42. The molecule has 9 heteroatoms. The van der Waals surface area contributed by atoms with E-state index >= 15 is 0 Å². The molecule has 132 valence electrons. The first-order valence-corrected chi connectivity index (χ1v) is 9.05. The van der Waals surface area contributed by atoms with E-state index in [-0.39, 0.29) is 23.0 Å². The van der Waals surface area contributed by atoms with Crippen molar-refractivity contribution >= 4 is 34.0 Å². The van der Waals surface area contributed by atoms with Crippen molar-refractivity contribution in [2.24, 2.45) is 13.0 Å². The SMILES string of the molecule is Cc1nn(C)c(C)c1[C@H]1[C@H](CNc2snc(Cl)c2C#N)CC(=O)N1C. The van der Waals surface area contributed by atoms with Crippen molar-refractivity contribution in [1.29, 1.82) is 5.26 Å². The number of amides is 1. The molecule has 1 N–H and O–H groups in total. The molecule has 0 unspecified atom stereocenters. The predicted octanol–water partition coefficient (Wildman–Crippen LogP) is 2.65. The zero-order valence-electron chi connectivity index (χ0n) is 14.5. The van der Waals surface area contributed by atoms with Gasteiger partial charge < -0.3 is 10.2 Å². The molecule has 7 nitrogen and oxygen atoms in total. The van der Waals surface area contributed by atoms with Crippen molar-refractivity contribution in [1.82, 2.24) is 19.1 Å². The van der Waals surface area contributed by atoms with Crippen LogP contribution in [0.25, 0.3) is 0 Å². The van der Waals surface area contributed by atoms with Crippen molar-refractivity contribution in [3.63, 3.8) is 0 Å². The number of likely N-dealkylation sites (tertiary alicyclic amines) is 1. The van der Waals surface area contributed by atoms with E-state index in [1.54, 1.807) is 4.90 Å². The molecule has 1 aliphatic heterocycles. The van der Waals surface area contributed by atoms with Crippen LogP contribution in [0.3, 0.4) is 0 Å². The van der Waals surface area contributed by atoms with Gasteiger partial charge in [0.05, 0.1) is 11.7 Å². The van der Waals surface area contributed by atoms with Crippen molar-refractivity contribution < 1.29 is 4.79 Å². The number of hydrogen-bond donors (Lipinski definition) is 1. The fraction of sp³-hybridized carbons (Fsp3) is 0.500. The molecule has 3 heterocycles. The maximum absolute atomic E-state index is 12.3. The van der Waals surface area contributed by atoms with E-state index in [9.17, 15) is 10.1 Å². The average molecular weight is 379 g/mol. The summed E-state index contributed by atoms with van der Waals surface area (Å²) in [7, 11) is 3.75. The summed E-state index contributed by atoms with van der Waals surface area (Å²) in [5.41, 5.74) is 3.46. The number of carbonyl (C=O) groups is 1. The maximum Gasteiger partial charge on any atom is 0.223 e. The van der Waals surface area contributed by atoms with Crippen molar-refractivity contribution in [2.45, 2.75) is 26.3 Å². The molecule has 1 amide bonds. The second-order valence-electron chi connectivity index (χ2n) is 6.29. The van der Waals surface area contributed by atoms with Gasteiger partial charge in [-0.1, -0.05) is 11.6 Å². The van der Waals surface area contributed by atoms with E-state index in [0.717, 1.165) is 28.5 Å². The van der Waals surface area contributed by atoms with Crippen LogP contribution in [-0.2, 0) is 11.8 Å². The third-order valence-electron chi connectivity index (χ3n) is 4.84. The predicted molar refractivity (Wildman–Crippen MR) is 96.6 cm³/mol. The number of aryl methyl sites for hydroxylation is 2. The first kappa shape index (κ1) is 17.7. The van der Waals surface area contributed by atoms with E-state index in [2.05, 4.69) is 20.9 Å². The lowest BCUT2D eigenvalue weighted by Crippen LogP contribution is -2.27. The molecule has 2 aromatic rings. The molecule has 3 rings (SSSR count). The van der Waals surface area contributed by atoms with Crippen LogP contribution in [0.5, 0.6) is 0 Å². The largest absolute Gasteiger partial charge is 0.374 e. The number of halogens is 1. The minimum atomic E-state index is -0.0392. The lowest BCUT2D eigenvalue weighted by Gasteiger charge is -2.26. The van der Waals surface area contributed by atoms with Crippen molar-refractivity contribution in [3.8, 4) is 6.07 Å². The molecule has 1 saturated heterocycles. The highest BCUT2D eigenvalue weighted by atomic mass is 35.5. The van der Waals surface area contributed by atoms with Crippen LogP contribution in [0.2, 0.25) is 5.15 Å². The highest BCUT2D eigenvalue weighted by Gasteiger charge is 2.41. The Balaban J connectivity index is 1.87. The van der Waals surface area contributed by atoms with E-state index in [1.165, 1.54) is 0 Å². The van der Waals surface area contributed by atoms with Crippen LogP contribution in [0.15, 0.2) is 0 Å². The summed E-state index contributed by atoms with van der Waals surface area (Å²) in [6.07, 6.45) is 0.455. The zero-order chi connectivity index (χ0) is 18.3. The summed E-state index contributed by atoms with van der Waals surface area (Å²) in [4.78, 5) is 14.1. The molecule has 2 atom stereocenters. The molecule has 0 aliphatic carbocycles. The van der Waals surface area contributed by atoms with Gasteiger partial charge >= 0.3 is 0 Å². The van der Waals surface area contributed by atoms with Gasteiger partial charge in [-0.15, -0.1) is 0 Å². The third kappa shape index (κ3) is 2.98. The molecule has 1 fully saturated rings. The Morgan fingerprint density at radius 2 is 2.16 bits per heavy atom. The minimum absolute atomic E-state index is 0.0392. The topological polar surface area (TPSA) is 86.8 Å². The summed E-state index contributed by atoms with van der Waals surface area (Å²) >= 11 is 7.08. The van der Waals surface area contributed by atoms with Crippen LogP contribution in [0.1, 0.15) is 35.0 Å². The number of nitriles is 1. The zero-order valence-corrected chi connectivity index (χ0v) is 16.1. The van der Waals surface area contributed by atoms with Crippen LogP contribution >= 0.6 is 23.1 Å². The lowest BCUT2D eigenvalue weighted by atomic mass is 9.92. The van der Waals surface area contributed by atoms with Crippen molar-refractivity contribution in [3.05, 3.63) is 27.7 Å². The van der Waals surface area contributed by atoms with E-state index in [1.807, 2.05) is 32.6 Å². The molecule has 1 aliphatic rings. The highest BCUT2D eigenvalue weighted by Crippen LogP contribution is 2.40. The number of aromatic nitrogens is 3. The van der Waals surface area contributed by atoms with Crippen LogP contribution < -0.4 is 5.32 Å². The second kappa shape index (κ2) is 6.65. The lowest BCUT2D eigenvalue weighted by molar-refractivity contribution is -0.127. The van der Waals surface area contributed by atoms with Crippen molar-refractivity contribution in [2.75, 3.05) is 18.9 Å². The smallest absolute Gasteiger partial charge is 0.223 e. The van der Waals surface area contributed by atoms with Gasteiger partial charge in [0.15, 0.2) is 5.15 Å². The van der Waals surface area contributed by atoms with Gasteiger partial charge in [-0.3, -0.25) is 9.48 Å². The summed E-state index contributed by atoms with van der Waals surface area (Å²) in [5.74, 6) is 0.189. The fourth-order valence-electron chi connectivity index (χ4n) is 3.49. The van der Waals surface area contributed by atoms with Gasteiger partial charge in [0.25, 0.3) is 0 Å². The van der Waals surface area contributed by atoms with E-state index in [0.29, 0.717) is 23.5 Å². The molecule has 25 heavy (non-hydrogen) atoms. The number of rotatable bonds is 4. The monoisotopic (exact) mass is 378 g/mol. The summed E-state index contributed by atoms with van der Waals surface area (Å²) < 4.78 is 5.85. The molecule has 0 saturated carbocycles. The Kier molecular flexibility index (Phi) is 4.71. The normalized spacial score (nSPS) is 20.2. The Morgan fingerprint density at radius 1 is 1.44 bits per heavy atom. The first-order valence-electron chi connectivity index (χ1n) is 7.90. The Bertz CT molecular complexity index is 867. The summed E-state index contributed by atoms with van der Waals surface area (Å²) in [6.45, 7) is 4.55. The quantitative estimate of drug-likeness (QED) is 0.883. The van der Waals surface area contributed by atoms with Gasteiger partial charge in [0.2, 0.25) is 5.91 Å². The van der Waals surface area contributed by atoms with Crippen LogP contribution in [0.4, 0.5) is 5.00 Å². The summed E-state index contributed by atoms with van der Waals surface area (Å²) in [6, 6.07) is 2.02. The molecule has 2 aromatic heterocycles. The molecule has 0 aromatic carbocycles. The maximum atomic E-state index is 12.3. The minimum Gasteiger partial charge on any atom is -0.374 e. The molecular weight excluding hydrogens is 360 g/mol. The molecule has 0 radical (unpaired) electrons. The van der Waals surface area contributed by atoms with Gasteiger partial charge in [0, 0.05) is 44.2 Å². The molecular formula is C16H19ClN6OS. The molecule has 0 bridgehead atoms.